The maximum Gasteiger partial charge on any atom is 0.233 e. The van der Waals surface area contributed by atoms with E-state index >= 15 is 0 Å². The highest BCUT2D eigenvalue weighted by molar-refractivity contribution is 5.77. The Bertz CT molecular complexity index is 157. The van der Waals surface area contributed by atoms with Crippen molar-refractivity contribution in [1.82, 2.24) is 10.6 Å². The van der Waals surface area contributed by atoms with E-state index in [2.05, 4.69) is 17.2 Å². The van der Waals surface area contributed by atoms with E-state index in [4.69, 9.17) is 0 Å². The topological polar surface area (TPSA) is 41.1 Å². The summed E-state index contributed by atoms with van der Waals surface area (Å²) in [4.78, 5) is 11.0. The maximum atomic E-state index is 11.0. The van der Waals surface area contributed by atoms with E-state index in [1.807, 2.05) is 13.0 Å². The number of hydrogen-bond acceptors (Lipinski definition) is 2. The molecule has 0 unspecified atom stereocenters. The standard InChI is InChI=1S/C11H22N2O/c1-3-5-6-7-8-9-12-10-11(14)13-4-2/h3,12H,1,4-10H2,2H3,(H,13,14). The van der Waals surface area contributed by atoms with Gasteiger partial charge in [-0.25, -0.2) is 0 Å². The van der Waals surface area contributed by atoms with Gasteiger partial charge in [0.05, 0.1) is 6.54 Å². The van der Waals surface area contributed by atoms with Crippen LogP contribution in [0.5, 0.6) is 0 Å². The van der Waals surface area contributed by atoms with Crippen LogP contribution in [0.15, 0.2) is 12.7 Å². The minimum absolute atomic E-state index is 0.0820. The van der Waals surface area contributed by atoms with Crippen LogP contribution in [0, 0.1) is 0 Å². The van der Waals surface area contributed by atoms with Crippen LogP contribution >= 0.6 is 0 Å². The van der Waals surface area contributed by atoms with Crippen LogP contribution in [-0.4, -0.2) is 25.5 Å². The van der Waals surface area contributed by atoms with Crippen molar-refractivity contribution < 1.29 is 4.79 Å². The van der Waals surface area contributed by atoms with Crippen LogP contribution in [-0.2, 0) is 4.79 Å². The van der Waals surface area contributed by atoms with Gasteiger partial charge in [0.25, 0.3) is 0 Å². The van der Waals surface area contributed by atoms with Crippen LogP contribution in [0.4, 0.5) is 0 Å². The summed E-state index contributed by atoms with van der Waals surface area (Å²) in [5.74, 6) is 0.0820. The smallest absolute Gasteiger partial charge is 0.233 e. The van der Waals surface area contributed by atoms with E-state index < -0.39 is 0 Å². The molecule has 2 N–H and O–H groups in total. The van der Waals surface area contributed by atoms with Gasteiger partial charge < -0.3 is 10.6 Å². The van der Waals surface area contributed by atoms with Crippen molar-refractivity contribution in [2.45, 2.75) is 32.6 Å². The Kier molecular flexibility index (Phi) is 9.64. The van der Waals surface area contributed by atoms with Crippen molar-refractivity contribution in [2.75, 3.05) is 19.6 Å². The molecule has 0 aromatic heterocycles. The Balaban J connectivity index is 3.05. The summed E-state index contributed by atoms with van der Waals surface area (Å²) in [6.45, 7) is 7.67. The Morgan fingerprint density at radius 3 is 2.79 bits per heavy atom. The van der Waals surface area contributed by atoms with E-state index in [1.54, 1.807) is 0 Å². The summed E-state index contributed by atoms with van der Waals surface area (Å²) in [6, 6.07) is 0. The lowest BCUT2D eigenvalue weighted by molar-refractivity contribution is -0.120. The second kappa shape index (κ2) is 10.3. The quantitative estimate of drug-likeness (QED) is 0.435. The third kappa shape index (κ3) is 9.26. The highest BCUT2D eigenvalue weighted by atomic mass is 16.1. The molecule has 14 heavy (non-hydrogen) atoms. The molecule has 0 aliphatic rings. The first-order valence-corrected chi connectivity index (χ1v) is 5.39. The molecule has 0 spiro atoms. The molecule has 0 fully saturated rings. The van der Waals surface area contributed by atoms with Crippen molar-refractivity contribution in [3.05, 3.63) is 12.7 Å². The minimum atomic E-state index is 0.0820. The van der Waals surface area contributed by atoms with Gasteiger partial charge in [-0.3, -0.25) is 4.79 Å². The molecule has 0 aromatic carbocycles. The summed E-state index contributed by atoms with van der Waals surface area (Å²) in [7, 11) is 0. The fourth-order valence-electron chi connectivity index (χ4n) is 1.18. The molecule has 82 valence electrons. The van der Waals surface area contributed by atoms with Crippen LogP contribution in [0.2, 0.25) is 0 Å². The first-order valence-electron chi connectivity index (χ1n) is 5.39. The number of hydrogen-bond donors (Lipinski definition) is 2. The predicted octanol–water partition coefficient (Wildman–Crippen LogP) is 1.46. The molecule has 0 heterocycles. The normalized spacial score (nSPS) is 9.79. The van der Waals surface area contributed by atoms with Crippen LogP contribution < -0.4 is 10.6 Å². The van der Waals surface area contributed by atoms with Crippen molar-refractivity contribution in [2.24, 2.45) is 0 Å². The highest BCUT2D eigenvalue weighted by Crippen LogP contribution is 1.98. The molecule has 3 nitrogen and oxygen atoms in total. The SMILES string of the molecule is C=CCCCCCNCC(=O)NCC. The highest BCUT2D eigenvalue weighted by Gasteiger charge is 1.96. The first kappa shape index (κ1) is 13.2. The molecule has 0 atom stereocenters. The lowest BCUT2D eigenvalue weighted by Gasteiger charge is -2.04. The zero-order valence-corrected chi connectivity index (χ0v) is 9.14. The summed E-state index contributed by atoms with van der Waals surface area (Å²) < 4.78 is 0. The molecule has 0 radical (unpaired) electrons. The van der Waals surface area contributed by atoms with Gasteiger partial charge in [-0.05, 0) is 32.7 Å². The molecule has 1 amide bonds. The van der Waals surface area contributed by atoms with Crippen molar-refractivity contribution in [3.8, 4) is 0 Å². The zero-order chi connectivity index (χ0) is 10.6. The van der Waals surface area contributed by atoms with Gasteiger partial charge in [-0.15, -0.1) is 6.58 Å². The molecular formula is C11H22N2O. The number of rotatable bonds is 9. The molecule has 0 aliphatic heterocycles. The molecule has 0 saturated carbocycles. The molecule has 0 aromatic rings. The maximum absolute atomic E-state index is 11.0. The summed E-state index contributed by atoms with van der Waals surface area (Å²) in [6.07, 6.45) is 6.58. The van der Waals surface area contributed by atoms with Gasteiger partial charge in [-0.2, -0.15) is 0 Å². The Morgan fingerprint density at radius 2 is 2.14 bits per heavy atom. The summed E-state index contributed by atoms with van der Waals surface area (Å²) in [5.41, 5.74) is 0. The van der Waals surface area contributed by atoms with Gasteiger partial charge in [0.15, 0.2) is 0 Å². The average Bonchev–Trinajstić information content (AvgIpc) is 2.17. The second-order valence-electron chi connectivity index (χ2n) is 3.27. The number of allylic oxidation sites excluding steroid dienone is 1. The number of unbranched alkanes of at least 4 members (excludes halogenated alkanes) is 3. The van der Waals surface area contributed by atoms with Crippen molar-refractivity contribution >= 4 is 5.91 Å². The summed E-state index contributed by atoms with van der Waals surface area (Å²) in [5, 5.41) is 5.85. The van der Waals surface area contributed by atoms with Gasteiger partial charge in [0, 0.05) is 6.54 Å². The number of nitrogens with one attached hydrogen (secondary N) is 2. The number of carbonyl (C=O) groups excluding carboxylic acids is 1. The van der Waals surface area contributed by atoms with E-state index in [1.165, 1.54) is 12.8 Å². The lowest BCUT2D eigenvalue weighted by Crippen LogP contribution is -2.33. The second-order valence-corrected chi connectivity index (χ2v) is 3.27. The van der Waals surface area contributed by atoms with Gasteiger partial charge in [0.1, 0.15) is 0 Å². The minimum Gasteiger partial charge on any atom is -0.355 e. The molecule has 3 heteroatoms. The van der Waals surface area contributed by atoms with E-state index in [9.17, 15) is 4.79 Å². The molecule has 0 saturated heterocycles. The lowest BCUT2D eigenvalue weighted by atomic mass is 10.2. The monoisotopic (exact) mass is 198 g/mol. The number of carbonyl (C=O) groups is 1. The van der Waals surface area contributed by atoms with Crippen LogP contribution in [0.25, 0.3) is 0 Å². The van der Waals surface area contributed by atoms with E-state index in [0.717, 1.165) is 19.4 Å². The Hall–Kier alpha value is -0.830. The van der Waals surface area contributed by atoms with Gasteiger partial charge in [0.2, 0.25) is 5.91 Å². The fraction of sp³-hybridized carbons (Fsp3) is 0.727. The van der Waals surface area contributed by atoms with Crippen molar-refractivity contribution in [1.29, 1.82) is 0 Å². The molecular weight excluding hydrogens is 176 g/mol. The van der Waals surface area contributed by atoms with Gasteiger partial charge in [-0.1, -0.05) is 12.5 Å². The molecule has 0 aliphatic carbocycles. The number of amides is 1. The Morgan fingerprint density at radius 1 is 1.36 bits per heavy atom. The van der Waals surface area contributed by atoms with Crippen molar-refractivity contribution in [3.63, 3.8) is 0 Å². The Labute approximate surface area is 87.0 Å². The van der Waals surface area contributed by atoms with E-state index in [-0.39, 0.29) is 5.91 Å². The van der Waals surface area contributed by atoms with E-state index in [0.29, 0.717) is 13.1 Å². The number of likely N-dealkylation sites (N-methyl/N-ethyl adjacent to an activating group) is 1. The zero-order valence-electron chi connectivity index (χ0n) is 9.14. The average molecular weight is 198 g/mol. The third-order valence-corrected chi connectivity index (χ3v) is 1.92. The first-order chi connectivity index (χ1) is 6.81. The largest absolute Gasteiger partial charge is 0.355 e. The predicted molar refractivity (Wildman–Crippen MR) is 60.2 cm³/mol. The third-order valence-electron chi connectivity index (χ3n) is 1.92. The molecule has 0 bridgehead atoms. The van der Waals surface area contributed by atoms with Gasteiger partial charge >= 0.3 is 0 Å². The fourth-order valence-corrected chi connectivity index (χ4v) is 1.18. The van der Waals surface area contributed by atoms with Crippen LogP contribution in [0.1, 0.15) is 32.6 Å². The summed E-state index contributed by atoms with van der Waals surface area (Å²) >= 11 is 0. The van der Waals surface area contributed by atoms with Crippen LogP contribution in [0.3, 0.4) is 0 Å². The molecule has 0 rings (SSSR count).